The maximum atomic E-state index is 5.48. The van der Waals surface area contributed by atoms with Gasteiger partial charge in [-0.25, -0.2) is 0 Å². The second-order valence-corrected chi connectivity index (χ2v) is 5.47. The summed E-state index contributed by atoms with van der Waals surface area (Å²) in [6.45, 7) is 7.69. The highest BCUT2D eigenvalue weighted by molar-refractivity contribution is 4.74. The van der Waals surface area contributed by atoms with Gasteiger partial charge in [-0.2, -0.15) is 0 Å². The van der Waals surface area contributed by atoms with Crippen molar-refractivity contribution in [2.24, 2.45) is 5.92 Å². The smallest absolute Gasteiger partial charge is 0.0495 e. The highest BCUT2D eigenvalue weighted by atomic mass is 16.5. The van der Waals surface area contributed by atoms with Crippen LogP contribution in [0.4, 0.5) is 0 Å². The van der Waals surface area contributed by atoms with Gasteiger partial charge in [0, 0.05) is 19.3 Å². The molecule has 1 fully saturated rings. The fraction of sp³-hybridized carbons (Fsp3) is 1.00. The third-order valence-corrected chi connectivity index (χ3v) is 3.73. The number of nitrogens with one attached hydrogen (secondary N) is 1. The van der Waals surface area contributed by atoms with Gasteiger partial charge in [-0.1, -0.05) is 39.5 Å². The summed E-state index contributed by atoms with van der Waals surface area (Å²) >= 11 is 0. The summed E-state index contributed by atoms with van der Waals surface area (Å²) in [6.07, 6.45) is 10.7. The summed E-state index contributed by atoms with van der Waals surface area (Å²) in [7, 11) is 0. The molecule has 102 valence electrons. The number of unbranched alkanes of at least 4 members (excludes halogenated alkanes) is 3. The van der Waals surface area contributed by atoms with E-state index in [4.69, 9.17) is 4.74 Å². The number of ether oxygens (including phenoxy) is 1. The fourth-order valence-corrected chi connectivity index (χ4v) is 2.64. The van der Waals surface area contributed by atoms with Gasteiger partial charge in [0.15, 0.2) is 0 Å². The number of hydrogen-bond donors (Lipinski definition) is 1. The fourth-order valence-electron chi connectivity index (χ4n) is 2.64. The first-order chi connectivity index (χ1) is 8.36. The Morgan fingerprint density at radius 1 is 1.18 bits per heavy atom. The monoisotopic (exact) mass is 241 g/mol. The third-order valence-electron chi connectivity index (χ3n) is 3.73. The van der Waals surface area contributed by atoms with E-state index in [0.29, 0.717) is 0 Å². The molecule has 1 aliphatic heterocycles. The largest absolute Gasteiger partial charge is 0.381 e. The lowest BCUT2D eigenvalue weighted by atomic mass is 9.95. The molecular formula is C15H31NO. The molecule has 17 heavy (non-hydrogen) atoms. The Morgan fingerprint density at radius 3 is 2.71 bits per heavy atom. The van der Waals surface area contributed by atoms with Gasteiger partial charge in [0.25, 0.3) is 0 Å². The molecule has 1 N–H and O–H groups in total. The normalized spacial score (nSPS) is 21.9. The predicted molar refractivity (Wildman–Crippen MR) is 74.4 cm³/mol. The van der Waals surface area contributed by atoms with E-state index in [9.17, 15) is 0 Å². The molecule has 0 radical (unpaired) electrons. The summed E-state index contributed by atoms with van der Waals surface area (Å²) in [5, 5.41) is 3.72. The highest BCUT2D eigenvalue weighted by Gasteiger charge is 2.20. The summed E-state index contributed by atoms with van der Waals surface area (Å²) in [6, 6.07) is 0.735. The van der Waals surface area contributed by atoms with Crippen molar-refractivity contribution in [2.45, 2.75) is 71.3 Å². The van der Waals surface area contributed by atoms with Crippen LogP contribution < -0.4 is 5.32 Å². The topological polar surface area (TPSA) is 21.3 Å². The van der Waals surface area contributed by atoms with Crippen molar-refractivity contribution in [1.29, 1.82) is 0 Å². The molecule has 2 nitrogen and oxygen atoms in total. The molecule has 2 unspecified atom stereocenters. The molecule has 0 aromatic rings. The van der Waals surface area contributed by atoms with Gasteiger partial charge in [0.1, 0.15) is 0 Å². The van der Waals surface area contributed by atoms with E-state index >= 15 is 0 Å². The van der Waals surface area contributed by atoms with Crippen molar-refractivity contribution < 1.29 is 4.74 Å². The molecule has 1 saturated heterocycles. The molecule has 0 spiro atoms. The van der Waals surface area contributed by atoms with Crippen molar-refractivity contribution in [3.05, 3.63) is 0 Å². The second kappa shape index (κ2) is 9.90. The first-order valence-corrected chi connectivity index (χ1v) is 7.68. The minimum atomic E-state index is 0.735. The lowest BCUT2D eigenvalue weighted by molar-refractivity contribution is 0.180. The average molecular weight is 241 g/mol. The van der Waals surface area contributed by atoms with Gasteiger partial charge in [0.2, 0.25) is 0 Å². The lowest BCUT2D eigenvalue weighted by Crippen LogP contribution is -2.32. The Bertz CT molecular complexity index is 166. The van der Waals surface area contributed by atoms with Crippen LogP contribution in [0.25, 0.3) is 0 Å². The third kappa shape index (κ3) is 7.05. The summed E-state index contributed by atoms with van der Waals surface area (Å²) in [4.78, 5) is 0. The highest BCUT2D eigenvalue weighted by Crippen LogP contribution is 2.20. The second-order valence-electron chi connectivity index (χ2n) is 5.47. The van der Waals surface area contributed by atoms with Gasteiger partial charge < -0.3 is 10.1 Å². The van der Waals surface area contributed by atoms with Gasteiger partial charge >= 0.3 is 0 Å². The quantitative estimate of drug-likeness (QED) is 0.588. The van der Waals surface area contributed by atoms with Crippen LogP contribution in [0.3, 0.4) is 0 Å². The van der Waals surface area contributed by atoms with Crippen molar-refractivity contribution in [3.63, 3.8) is 0 Å². The van der Waals surface area contributed by atoms with Crippen LogP contribution in [-0.4, -0.2) is 25.8 Å². The van der Waals surface area contributed by atoms with Crippen molar-refractivity contribution in [3.8, 4) is 0 Å². The molecule has 2 atom stereocenters. The molecule has 1 heterocycles. The van der Waals surface area contributed by atoms with Crippen LogP contribution in [0.1, 0.15) is 65.2 Å². The molecular weight excluding hydrogens is 210 g/mol. The van der Waals surface area contributed by atoms with Crippen LogP contribution >= 0.6 is 0 Å². The van der Waals surface area contributed by atoms with Crippen molar-refractivity contribution in [2.75, 3.05) is 19.8 Å². The van der Waals surface area contributed by atoms with Crippen LogP contribution in [0.5, 0.6) is 0 Å². The maximum absolute atomic E-state index is 5.48. The van der Waals surface area contributed by atoms with Gasteiger partial charge in [-0.15, -0.1) is 0 Å². The summed E-state index contributed by atoms with van der Waals surface area (Å²) in [5.41, 5.74) is 0. The van der Waals surface area contributed by atoms with E-state index in [0.717, 1.165) is 25.2 Å². The Hall–Kier alpha value is -0.0800. The standard InChI is InChI=1S/C15H31NO/c1-3-5-6-7-8-15(16-10-4-2)12-14-9-11-17-13-14/h14-16H,3-13H2,1-2H3. The van der Waals surface area contributed by atoms with E-state index in [-0.39, 0.29) is 0 Å². The average Bonchev–Trinajstić information content (AvgIpc) is 2.84. The van der Waals surface area contributed by atoms with Gasteiger partial charge in [-0.3, -0.25) is 0 Å². The Morgan fingerprint density at radius 2 is 2.06 bits per heavy atom. The maximum Gasteiger partial charge on any atom is 0.0495 e. The van der Waals surface area contributed by atoms with Crippen molar-refractivity contribution >= 4 is 0 Å². The van der Waals surface area contributed by atoms with Crippen LogP contribution in [0, 0.1) is 5.92 Å². The van der Waals surface area contributed by atoms with Gasteiger partial charge in [0.05, 0.1) is 0 Å². The first-order valence-electron chi connectivity index (χ1n) is 7.68. The van der Waals surface area contributed by atoms with Crippen LogP contribution in [0.15, 0.2) is 0 Å². The zero-order valence-electron chi connectivity index (χ0n) is 11.8. The van der Waals surface area contributed by atoms with E-state index in [1.54, 1.807) is 0 Å². The zero-order valence-corrected chi connectivity index (χ0v) is 11.8. The molecule has 2 heteroatoms. The molecule has 0 aromatic carbocycles. The van der Waals surface area contributed by atoms with E-state index < -0.39 is 0 Å². The molecule has 1 aliphatic rings. The van der Waals surface area contributed by atoms with Crippen molar-refractivity contribution in [1.82, 2.24) is 5.32 Å². The number of rotatable bonds is 10. The molecule has 0 bridgehead atoms. The molecule has 0 saturated carbocycles. The predicted octanol–water partition coefficient (Wildman–Crippen LogP) is 3.75. The molecule has 0 amide bonds. The Balaban J connectivity index is 2.16. The Kier molecular flexibility index (Phi) is 8.72. The Labute approximate surface area is 108 Å². The van der Waals surface area contributed by atoms with Crippen LogP contribution in [-0.2, 0) is 4.74 Å². The van der Waals surface area contributed by atoms with Crippen LogP contribution in [0.2, 0.25) is 0 Å². The molecule has 1 rings (SSSR count). The molecule has 0 aromatic heterocycles. The minimum absolute atomic E-state index is 0.735. The number of hydrogen-bond acceptors (Lipinski definition) is 2. The summed E-state index contributed by atoms with van der Waals surface area (Å²) < 4.78 is 5.48. The van der Waals surface area contributed by atoms with E-state index in [1.807, 2.05) is 0 Å². The molecule has 0 aliphatic carbocycles. The van der Waals surface area contributed by atoms with E-state index in [1.165, 1.54) is 57.9 Å². The first kappa shape index (κ1) is 15.0. The van der Waals surface area contributed by atoms with E-state index in [2.05, 4.69) is 19.2 Å². The van der Waals surface area contributed by atoms with Gasteiger partial charge in [-0.05, 0) is 38.1 Å². The lowest BCUT2D eigenvalue weighted by Gasteiger charge is -2.21. The zero-order chi connectivity index (χ0) is 12.3. The minimum Gasteiger partial charge on any atom is -0.381 e. The SMILES string of the molecule is CCCCCCC(CC1CCOC1)NCCC. The summed E-state index contributed by atoms with van der Waals surface area (Å²) in [5.74, 6) is 0.815.